The van der Waals surface area contributed by atoms with Gasteiger partial charge in [-0.05, 0) is 110 Å². The van der Waals surface area contributed by atoms with Crippen LogP contribution in [0, 0.1) is 29.6 Å². The third kappa shape index (κ3) is 4.83. The molecule has 1 aliphatic heterocycles. The zero-order valence-corrected chi connectivity index (χ0v) is 27.4. The highest BCUT2D eigenvalue weighted by atomic mass is 16.6. The van der Waals surface area contributed by atoms with Crippen LogP contribution in [0.4, 0.5) is 0 Å². The maximum Gasteiger partial charge on any atom is 0.313 e. The van der Waals surface area contributed by atoms with Gasteiger partial charge in [0, 0.05) is 25.0 Å². The number of hydrogen-bond acceptors (Lipinski definition) is 4. The van der Waals surface area contributed by atoms with Crippen molar-refractivity contribution in [3.8, 4) is 0 Å². The number of benzene rings is 1. The summed E-state index contributed by atoms with van der Waals surface area (Å²) in [6.07, 6.45) is 7.77. The molecule has 232 valence electrons. The van der Waals surface area contributed by atoms with Crippen molar-refractivity contribution < 1.29 is 14.3 Å². The molecular weight excluding hydrogens is 524 g/mol. The quantitative estimate of drug-likeness (QED) is 0.239. The molecule has 1 aromatic carbocycles. The van der Waals surface area contributed by atoms with E-state index in [1.165, 1.54) is 28.7 Å². The van der Waals surface area contributed by atoms with Crippen molar-refractivity contribution in [2.24, 2.45) is 39.1 Å². The van der Waals surface area contributed by atoms with Crippen molar-refractivity contribution in [3.63, 3.8) is 0 Å². The Kier molecular flexibility index (Phi) is 7.54. The fourth-order valence-electron chi connectivity index (χ4n) is 8.48. The third-order valence-corrected chi connectivity index (χ3v) is 12.4. The molecule has 42 heavy (non-hydrogen) atoms. The second-order valence-electron chi connectivity index (χ2n) is 16.1. The molecule has 7 heteroatoms. The van der Waals surface area contributed by atoms with Gasteiger partial charge in [-0.1, -0.05) is 53.7 Å². The van der Waals surface area contributed by atoms with Crippen LogP contribution in [0.1, 0.15) is 122 Å². The number of aliphatic imine (C=N–C) groups is 1. The predicted octanol–water partition coefficient (Wildman–Crippen LogP) is 5.87. The number of carbonyl (C=O) groups is 2. The largest absolute Gasteiger partial charge is 0.448 e. The lowest BCUT2D eigenvalue weighted by molar-refractivity contribution is -0.174. The van der Waals surface area contributed by atoms with Crippen LogP contribution in [0.2, 0.25) is 0 Å². The summed E-state index contributed by atoms with van der Waals surface area (Å²) in [5.74, 6) is 0.784. The number of ether oxygens (including phenoxy) is 1. The molecule has 5 rings (SSSR count). The lowest BCUT2D eigenvalue weighted by Crippen LogP contribution is -2.55. The van der Waals surface area contributed by atoms with Crippen LogP contribution >= 0.6 is 0 Å². The lowest BCUT2D eigenvalue weighted by Gasteiger charge is -2.43. The SMILES string of the molecule is Cc1cc2c(cc1CN(CC1CCC(CN=C(N)N)CC1)C(=O)[C@@]13CC[C@@](C)(C(=O)O1)C3(C)C)C(C)(C)CCC2(C)C. The Hall–Kier alpha value is -2.57. The van der Waals surface area contributed by atoms with E-state index in [-0.39, 0.29) is 28.7 Å². The molecule has 4 N–H and O–H groups in total. The summed E-state index contributed by atoms with van der Waals surface area (Å²) in [6, 6.07) is 4.77. The summed E-state index contributed by atoms with van der Waals surface area (Å²) in [5.41, 5.74) is 14.3. The summed E-state index contributed by atoms with van der Waals surface area (Å²) in [4.78, 5) is 34.2. The first-order chi connectivity index (χ1) is 19.4. The monoisotopic (exact) mass is 578 g/mol. The Morgan fingerprint density at radius 2 is 1.48 bits per heavy atom. The molecule has 3 aliphatic carbocycles. The molecule has 4 aliphatic rings. The van der Waals surface area contributed by atoms with E-state index >= 15 is 0 Å². The average Bonchev–Trinajstić information content (AvgIpc) is 3.21. The number of nitrogens with zero attached hydrogens (tertiary/aromatic N) is 2. The number of nitrogens with two attached hydrogens (primary N) is 2. The van der Waals surface area contributed by atoms with E-state index < -0.39 is 16.4 Å². The molecule has 1 saturated heterocycles. The van der Waals surface area contributed by atoms with Crippen molar-refractivity contribution in [3.05, 3.63) is 34.4 Å². The van der Waals surface area contributed by atoms with Crippen molar-refractivity contribution in [2.45, 2.75) is 130 Å². The van der Waals surface area contributed by atoms with Crippen LogP contribution in [0.15, 0.2) is 17.1 Å². The highest BCUT2D eigenvalue weighted by molar-refractivity contribution is 5.96. The van der Waals surface area contributed by atoms with E-state index in [0.29, 0.717) is 44.3 Å². The number of aryl methyl sites for hydroxylation is 1. The number of guanidine groups is 1. The van der Waals surface area contributed by atoms with Gasteiger partial charge in [-0.25, -0.2) is 0 Å². The topological polar surface area (TPSA) is 111 Å². The first-order valence-corrected chi connectivity index (χ1v) is 16.2. The zero-order chi connectivity index (χ0) is 30.9. The summed E-state index contributed by atoms with van der Waals surface area (Å²) in [5, 5.41) is 0. The number of fused-ring (bicyclic) bond motifs is 3. The summed E-state index contributed by atoms with van der Waals surface area (Å²) in [7, 11) is 0. The standard InChI is InChI=1S/C35H54N4O3/c1-22-17-26-27(32(4,5)14-13-31(26,2)3)18-25(22)21-39(20-24-11-9-23(10-12-24)19-38-30(36)37)28(40)35-16-15-34(8,29(41)42-35)33(35,6)7/h17-18,23-24H,9-16,19-21H2,1-8H3,(H4,36,37,38)/t23?,24?,34-,35+/m0/s1. The van der Waals surface area contributed by atoms with E-state index in [1.807, 2.05) is 6.92 Å². The van der Waals surface area contributed by atoms with E-state index in [2.05, 4.69) is 70.5 Å². The van der Waals surface area contributed by atoms with E-state index in [1.54, 1.807) is 0 Å². The van der Waals surface area contributed by atoms with Crippen molar-refractivity contribution in [2.75, 3.05) is 13.1 Å². The summed E-state index contributed by atoms with van der Waals surface area (Å²) in [6.45, 7) is 19.6. The maximum absolute atomic E-state index is 14.8. The van der Waals surface area contributed by atoms with Crippen LogP contribution < -0.4 is 11.5 Å². The van der Waals surface area contributed by atoms with Gasteiger partial charge in [0.1, 0.15) is 0 Å². The van der Waals surface area contributed by atoms with Crippen LogP contribution in [-0.4, -0.2) is 41.4 Å². The van der Waals surface area contributed by atoms with Crippen LogP contribution in [-0.2, 0) is 31.7 Å². The number of esters is 1. The van der Waals surface area contributed by atoms with Crippen molar-refractivity contribution >= 4 is 17.8 Å². The number of amides is 1. The van der Waals surface area contributed by atoms with Crippen molar-refractivity contribution in [1.82, 2.24) is 4.90 Å². The van der Waals surface area contributed by atoms with Gasteiger partial charge in [0.25, 0.3) is 5.91 Å². The fraction of sp³-hybridized carbons (Fsp3) is 0.743. The second-order valence-corrected chi connectivity index (χ2v) is 16.1. The molecule has 2 atom stereocenters. The summed E-state index contributed by atoms with van der Waals surface area (Å²) >= 11 is 0. The first kappa shape index (κ1) is 30.9. The second kappa shape index (κ2) is 10.3. The minimum atomic E-state index is -1.10. The summed E-state index contributed by atoms with van der Waals surface area (Å²) < 4.78 is 6.12. The molecule has 2 bridgehead atoms. The first-order valence-electron chi connectivity index (χ1n) is 16.2. The van der Waals surface area contributed by atoms with Gasteiger partial charge in [0.15, 0.2) is 11.6 Å². The molecule has 0 radical (unpaired) electrons. The molecule has 1 amide bonds. The molecular formula is C35H54N4O3. The van der Waals surface area contributed by atoms with Gasteiger partial charge in [0.2, 0.25) is 0 Å². The van der Waals surface area contributed by atoms with Gasteiger partial charge < -0.3 is 21.1 Å². The van der Waals surface area contributed by atoms with Gasteiger partial charge in [0.05, 0.1) is 5.41 Å². The van der Waals surface area contributed by atoms with E-state index in [0.717, 1.165) is 32.1 Å². The molecule has 1 heterocycles. The van der Waals surface area contributed by atoms with Crippen LogP contribution in [0.25, 0.3) is 0 Å². The number of carbonyl (C=O) groups excluding carboxylic acids is 2. The molecule has 0 spiro atoms. The van der Waals surface area contributed by atoms with Gasteiger partial charge >= 0.3 is 5.97 Å². The molecule has 3 fully saturated rings. The molecule has 1 aromatic rings. The van der Waals surface area contributed by atoms with Gasteiger partial charge in [-0.3, -0.25) is 14.6 Å². The van der Waals surface area contributed by atoms with Crippen LogP contribution in [0.5, 0.6) is 0 Å². The van der Waals surface area contributed by atoms with E-state index in [4.69, 9.17) is 16.2 Å². The Bertz CT molecular complexity index is 1290. The zero-order valence-electron chi connectivity index (χ0n) is 27.4. The Balaban J connectivity index is 1.47. The van der Waals surface area contributed by atoms with Gasteiger partial charge in [-0.2, -0.15) is 0 Å². The average molecular weight is 579 g/mol. The normalized spacial score (nSPS) is 32.1. The Labute approximate surface area is 253 Å². The third-order valence-electron chi connectivity index (χ3n) is 12.4. The Morgan fingerprint density at radius 3 is 2.00 bits per heavy atom. The molecule has 2 saturated carbocycles. The minimum Gasteiger partial charge on any atom is -0.448 e. The predicted molar refractivity (Wildman–Crippen MR) is 168 cm³/mol. The smallest absolute Gasteiger partial charge is 0.313 e. The van der Waals surface area contributed by atoms with Crippen LogP contribution in [0.3, 0.4) is 0 Å². The van der Waals surface area contributed by atoms with Gasteiger partial charge in [-0.15, -0.1) is 0 Å². The Morgan fingerprint density at radius 1 is 0.905 bits per heavy atom. The number of rotatable bonds is 7. The molecule has 0 unspecified atom stereocenters. The lowest BCUT2D eigenvalue weighted by atomic mass is 9.62. The minimum absolute atomic E-state index is 0.0126. The van der Waals surface area contributed by atoms with Crippen molar-refractivity contribution in [1.29, 1.82) is 0 Å². The molecule has 0 aromatic heterocycles. The number of hydrogen-bond donors (Lipinski definition) is 2. The molecule has 7 nitrogen and oxygen atoms in total. The maximum atomic E-state index is 14.8. The van der Waals surface area contributed by atoms with E-state index in [9.17, 15) is 9.59 Å². The fourth-order valence-corrected chi connectivity index (χ4v) is 8.48. The highest BCUT2D eigenvalue weighted by Gasteiger charge is 2.76. The highest BCUT2D eigenvalue weighted by Crippen LogP contribution is 2.66.